The molecule has 1 fully saturated rings. The number of hydrogen-bond donors (Lipinski definition) is 2. The van der Waals surface area contributed by atoms with Crippen molar-refractivity contribution in [3.05, 3.63) is 48.3 Å². The first-order valence-corrected chi connectivity index (χ1v) is 7.27. The Kier molecular flexibility index (Phi) is 3.75. The van der Waals surface area contributed by atoms with Gasteiger partial charge in [0, 0.05) is 18.9 Å². The Labute approximate surface area is 123 Å². The fourth-order valence-corrected chi connectivity index (χ4v) is 2.90. The molecule has 0 amide bonds. The average molecular weight is 285 g/mol. The van der Waals surface area contributed by atoms with Crippen molar-refractivity contribution < 1.29 is 9.90 Å². The Balaban J connectivity index is 1.67. The van der Waals surface area contributed by atoms with Crippen LogP contribution < -0.4 is 5.32 Å². The van der Waals surface area contributed by atoms with E-state index in [2.05, 4.69) is 10.4 Å². The number of hydrogen-bond acceptors (Lipinski definition) is 3. The molecule has 3 rings (SSSR count). The summed E-state index contributed by atoms with van der Waals surface area (Å²) in [5.74, 6) is -0.729. The van der Waals surface area contributed by atoms with Crippen molar-refractivity contribution in [1.29, 1.82) is 0 Å². The van der Waals surface area contributed by atoms with E-state index in [1.54, 1.807) is 10.9 Å². The molecule has 1 aliphatic rings. The molecule has 2 aromatic rings. The molecule has 1 aromatic heterocycles. The third kappa shape index (κ3) is 2.83. The van der Waals surface area contributed by atoms with Gasteiger partial charge in [0.25, 0.3) is 0 Å². The third-order valence-electron chi connectivity index (χ3n) is 4.20. The number of aliphatic carboxylic acids is 1. The zero-order valence-electron chi connectivity index (χ0n) is 11.8. The molecule has 1 heterocycles. The van der Waals surface area contributed by atoms with Gasteiger partial charge in [0.15, 0.2) is 0 Å². The lowest BCUT2D eigenvalue weighted by atomic mass is 9.97. The molecule has 21 heavy (non-hydrogen) atoms. The van der Waals surface area contributed by atoms with Crippen LogP contribution in [0.1, 0.15) is 31.2 Å². The Morgan fingerprint density at radius 1 is 1.29 bits per heavy atom. The van der Waals surface area contributed by atoms with Crippen LogP contribution in [0.25, 0.3) is 5.69 Å². The monoisotopic (exact) mass is 285 g/mol. The van der Waals surface area contributed by atoms with Gasteiger partial charge in [-0.2, -0.15) is 5.10 Å². The summed E-state index contributed by atoms with van der Waals surface area (Å²) in [4.78, 5) is 11.5. The molecule has 1 aromatic carbocycles. The summed E-state index contributed by atoms with van der Waals surface area (Å²) in [6.07, 6.45) is 7.04. The first kappa shape index (κ1) is 13.8. The average Bonchev–Trinajstić information content (AvgIpc) is 3.18. The van der Waals surface area contributed by atoms with E-state index in [1.807, 2.05) is 36.5 Å². The van der Waals surface area contributed by atoms with E-state index >= 15 is 0 Å². The smallest absolute Gasteiger partial charge is 0.323 e. The predicted molar refractivity (Wildman–Crippen MR) is 79.2 cm³/mol. The number of carbonyl (C=O) groups is 1. The standard InChI is InChI=1S/C16H19N3O2/c20-15(21)16(8-1-2-9-16)17-12-13-4-6-14(7-5-13)19-11-3-10-18-19/h3-7,10-11,17H,1-2,8-9,12H2,(H,20,21). The molecule has 110 valence electrons. The maximum Gasteiger partial charge on any atom is 0.323 e. The van der Waals surface area contributed by atoms with Crippen LogP contribution in [-0.4, -0.2) is 26.4 Å². The summed E-state index contributed by atoms with van der Waals surface area (Å²) >= 11 is 0. The molecule has 0 unspecified atom stereocenters. The SMILES string of the molecule is O=C(O)C1(NCc2ccc(-n3cccn3)cc2)CCCC1. The minimum absolute atomic E-state index is 0.575. The second-order valence-electron chi connectivity index (χ2n) is 5.56. The van der Waals surface area contributed by atoms with Gasteiger partial charge < -0.3 is 5.11 Å². The fraction of sp³-hybridized carbons (Fsp3) is 0.375. The van der Waals surface area contributed by atoms with Gasteiger partial charge in [-0.1, -0.05) is 25.0 Å². The van der Waals surface area contributed by atoms with E-state index in [4.69, 9.17) is 0 Å². The van der Waals surface area contributed by atoms with Crippen molar-refractivity contribution in [3.8, 4) is 5.69 Å². The van der Waals surface area contributed by atoms with Gasteiger partial charge in [0.2, 0.25) is 0 Å². The highest BCUT2D eigenvalue weighted by atomic mass is 16.4. The van der Waals surface area contributed by atoms with Crippen molar-refractivity contribution in [3.63, 3.8) is 0 Å². The van der Waals surface area contributed by atoms with E-state index in [0.29, 0.717) is 19.4 Å². The first-order valence-electron chi connectivity index (χ1n) is 7.27. The minimum Gasteiger partial charge on any atom is -0.480 e. The maximum absolute atomic E-state index is 11.5. The van der Waals surface area contributed by atoms with Crippen LogP contribution in [0.5, 0.6) is 0 Å². The van der Waals surface area contributed by atoms with Gasteiger partial charge in [0.1, 0.15) is 5.54 Å². The van der Waals surface area contributed by atoms with E-state index in [1.165, 1.54) is 0 Å². The number of rotatable bonds is 5. The first-order chi connectivity index (χ1) is 10.2. The molecule has 1 saturated carbocycles. The summed E-state index contributed by atoms with van der Waals surface area (Å²) in [7, 11) is 0. The van der Waals surface area contributed by atoms with E-state index in [9.17, 15) is 9.90 Å². The molecule has 5 nitrogen and oxygen atoms in total. The number of nitrogens with zero attached hydrogens (tertiary/aromatic N) is 2. The molecule has 1 aliphatic carbocycles. The van der Waals surface area contributed by atoms with Gasteiger partial charge >= 0.3 is 5.97 Å². The molecular weight excluding hydrogens is 266 g/mol. The fourth-order valence-electron chi connectivity index (χ4n) is 2.90. The molecule has 0 radical (unpaired) electrons. The summed E-state index contributed by atoms with van der Waals surface area (Å²) in [5.41, 5.74) is 1.34. The Morgan fingerprint density at radius 2 is 2.00 bits per heavy atom. The topological polar surface area (TPSA) is 67.2 Å². The lowest BCUT2D eigenvalue weighted by Crippen LogP contribution is -2.49. The molecule has 0 bridgehead atoms. The zero-order chi connectivity index (χ0) is 14.7. The highest BCUT2D eigenvalue weighted by Crippen LogP contribution is 2.30. The predicted octanol–water partition coefficient (Wildman–Crippen LogP) is 2.36. The highest BCUT2D eigenvalue weighted by Gasteiger charge is 2.40. The molecule has 2 N–H and O–H groups in total. The Bertz CT molecular complexity index is 599. The second kappa shape index (κ2) is 5.69. The van der Waals surface area contributed by atoms with Crippen molar-refractivity contribution in [2.24, 2.45) is 0 Å². The van der Waals surface area contributed by atoms with Crippen LogP contribution in [0, 0.1) is 0 Å². The lowest BCUT2D eigenvalue weighted by molar-refractivity contribution is -0.144. The van der Waals surface area contributed by atoms with Crippen molar-refractivity contribution in [2.45, 2.75) is 37.8 Å². The maximum atomic E-state index is 11.5. The van der Waals surface area contributed by atoms with Crippen LogP contribution in [-0.2, 0) is 11.3 Å². The zero-order valence-corrected chi connectivity index (χ0v) is 11.8. The molecular formula is C16H19N3O2. The van der Waals surface area contributed by atoms with E-state index < -0.39 is 11.5 Å². The van der Waals surface area contributed by atoms with Gasteiger partial charge in [0.05, 0.1) is 5.69 Å². The Hall–Kier alpha value is -2.14. The number of nitrogens with one attached hydrogen (secondary N) is 1. The summed E-state index contributed by atoms with van der Waals surface area (Å²) in [6, 6.07) is 9.88. The van der Waals surface area contributed by atoms with Gasteiger partial charge in [-0.15, -0.1) is 0 Å². The molecule has 5 heteroatoms. The molecule has 0 spiro atoms. The van der Waals surface area contributed by atoms with Crippen LogP contribution in [0.15, 0.2) is 42.7 Å². The van der Waals surface area contributed by atoms with Crippen LogP contribution in [0.2, 0.25) is 0 Å². The number of carboxylic acids is 1. The normalized spacial score (nSPS) is 17.0. The third-order valence-corrected chi connectivity index (χ3v) is 4.20. The molecule has 0 aliphatic heterocycles. The van der Waals surface area contributed by atoms with Gasteiger partial charge in [-0.25, -0.2) is 4.68 Å². The highest BCUT2D eigenvalue weighted by molar-refractivity contribution is 5.79. The van der Waals surface area contributed by atoms with Crippen LogP contribution in [0.3, 0.4) is 0 Å². The minimum atomic E-state index is -0.735. The quantitative estimate of drug-likeness (QED) is 0.885. The number of benzene rings is 1. The van der Waals surface area contributed by atoms with E-state index in [-0.39, 0.29) is 0 Å². The number of carboxylic acid groups (broad SMARTS) is 1. The second-order valence-corrected chi connectivity index (χ2v) is 5.56. The lowest BCUT2D eigenvalue weighted by Gasteiger charge is -2.25. The summed E-state index contributed by atoms with van der Waals surface area (Å²) in [5, 5.41) is 16.9. The van der Waals surface area contributed by atoms with Gasteiger partial charge in [-0.3, -0.25) is 10.1 Å². The molecule has 0 atom stereocenters. The number of aromatic nitrogens is 2. The van der Waals surface area contributed by atoms with Crippen molar-refractivity contribution in [2.75, 3.05) is 0 Å². The van der Waals surface area contributed by atoms with Crippen LogP contribution in [0.4, 0.5) is 0 Å². The van der Waals surface area contributed by atoms with Crippen LogP contribution >= 0.6 is 0 Å². The van der Waals surface area contributed by atoms with E-state index in [0.717, 1.165) is 24.1 Å². The summed E-state index contributed by atoms with van der Waals surface area (Å²) < 4.78 is 1.80. The van der Waals surface area contributed by atoms with Crippen molar-refractivity contribution in [1.82, 2.24) is 15.1 Å². The summed E-state index contributed by atoms with van der Waals surface area (Å²) in [6.45, 7) is 0.575. The van der Waals surface area contributed by atoms with Gasteiger partial charge in [-0.05, 0) is 36.6 Å². The largest absolute Gasteiger partial charge is 0.480 e. The Morgan fingerprint density at radius 3 is 2.57 bits per heavy atom. The molecule has 0 saturated heterocycles. The van der Waals surface area contributed by atoms with Crippen molar-refractivity contribution >= 4 is 5.97 Å².